The SMILES string of the molecule is CN(Cc1cnn(C)c1)C(=O)NC1CCC(c2ccc(F)cc2)CC1. The summed E-state index contributed by atoms with van der Waals surface area (Å²) in [4.78, 5) is 14.0. The fourth-order valence-corrected chi connectivity index (χ4v) is 3.49. The van der Waals surface area contributed by atoms with Gasteiger partial charge in [-0.2, -0.15) is 5.10 Å². The van der Waals surface area contributed by atoms with Crippen LogP contribution in [0.25, 0.3) is 0 Å². The van der Waals surface area contributed by atoms with E-state index >= 15 is 0 Å². The van der Waals surface area contributed by atoms with E-state index in [-0.39, 0.29) is 17.9 Å². The van der Waals surface area contributed by atoms with Crippen LogP contribution in [-0.2, 0) is 13.6 Å². The molecule has 0 saturated heterocycles. The van der Waals surface area contributed by atoms with Gasteiger partial charge in [0.25, 0.3) is 0 Å². The van der Waals surface area contributed by atoms with Gasteiger partial charge in [0, 0.05) is 31.9 Å². The maximum absolute atomic E-state index is 13.0. The largest absolute Gasteiger partial charge is 0.335 e. The van der Waals surface area contributed by atoms with Crippen molar-refractivity contribution in [1.29, 1.82) is 0 Å². The van der Waals surface area contributed by atoms with Crippen molar-refractivity contribution in [2.75, 3.05) is 7.05 Å². The van der Waals surface area contributed by atoms with Gasteiger partial charge in [-0.15, -0.1) is 0 Å². The number of aryl methyl sites for hydroxylation is 1. The molecule has 1 aromatic carbocycles. The van der Waals surface area contributed by atoms with E-state index in [1.165, 1.54) is 17.7 Å². The third-order valence-electron chi connectivity index (χ3n) is 4.92. The average Bonchev–Trinajstić information content (AvgIpc) is 3.01. The van der Waals surface area contributed by atoms with Gasteiger partial charge in [-0.1, -0.05) is 12.1 Å². The number of hydrogen-bond donors (Lipinski definition) is 1. The summed E-state index contributed by atoms with van der Waals surface area (Å²) in [5, 5.41) is 7.25. The summed E-state index contributed by atoms with van der Waals surface area (Å²) in [7, 11) is 3.66. The zero-order chi connectivity index (χ0) is 17.8. The lowest BCUT2D eigenvalue weighted by Crippen LogP contribution is -2.44. The lowest BCUT2D eigenvalue weighted by molar-refractivity contribution is 0.197. The molecule has 1 fully saturated rings. The highest BCUT2D eigenvalue weighted by Gasteiger charge is 2.24. The second-order valence-corrected chi connectivity index (χ2v) is 6.93. The second kappa shape index (κ2) is 7.68. The number of halogens is 1. The number of hydrogen-bond acceptors (Lipinski definition) is 2. The molecule has 6 heteroatoms. The van der Waals surface area contributed by atoms with Crippen molar-refractivity contribution in [2.24, 2.45) is 7.05 Å². The van der Waals surface area contributed by atoms with Crippen molar-refractivity contribution in [3.63, 3.8) is 0 Å². The molecule has 1 heterocycles. The highest BCUT2D eigenvalue weighted by molar-refractivity contribution is 5.74. The first-order chi connectivity index (χ1) is 12.0. The molecule has 1 aromatic heterocycles. The molecule has 5 nitrogen and oxygen atoms in total. The van der Waals surface area contributed by atoms with E-state index in [0.717, 1.165) is 31.2 Å². The molecular weight excluding hydrogens is 319 g/mol. The maximum Gasteiger partial charge on any atom is 0.317 e. The Morgan fingerprint density at radius 2 is 1.96 bits per heavy atom. The highest BCUT2D eigenvalue weighted by Crippen LogP contribution is 2.32. The van der Waals surface area contributed by atoms with Gasteiger partial charge in [-0.05, 0) is 49.3 Å². The highest BCUT2D eigenvalue weighted by atomic mass is 19.1. The van der Waals surface area contributed by atoms with Crippen LogP contribution in [0.15, 0.2) is 36.7 Å². The van der Waals surface area contributed by atoms with Gasteiger partial charge in [0.05, 0.1) is 12.7 Å². The maximum atomic E-state index is 13.0. The number of aromatic nitrogens is 2. The quantitative estimate of drug-likeness (QED) is 0.924. The third-order valence-corrected chi connectivity index (χ3v) is 4.92. The normalized spacial score (nSPS) is 20.3. The Hall–Kier alpha value is -2.37. The van der Waals surface area contributed by atoms with Crippen LogP contribution in [0.2, 0.25) is 0 Å². The van der Waals surface area contributed by atoms with Gasteiger partial charge in [0.2, 0.25) is 0 Å². The lowest BCUT2D eigenvalue weighted by Gasteiger charge is -2.30. The average molecular weight is 344 g/mol. The monoisotopic (exact) mass is 344 g/mol. The molecule has 2 aromatic rings. The minimum absolute atomic E-state index is 0.0471. The number of rotatable bonds is 4. The van der Waals surface area contributed by atoms with Gasteiger partial charge in [0.15, 0.2) is 0 Å². The predicted octanol–water partition coefficient (Wildman–Crippen LogP) is 3.43. The molecule has 0 spiro atoms. The van der Waals surface area contributed by atoms with E-state index in [0.29, 0.717) is 12.5 Å². The van der Waals surface area contributed by atoms with Gasteiger partial charge in [-0.3, -0.25) is 4.68 Å². The van der Waals surface area contributed by atoms with E-state index in [1.54, 1.807) is 22.8 Å². The van der Waals surface area contributed by atoms with Crippen LogP contribution in [0.3, 0.4) is 0 Å². The molecular formula is C19H25FN4O. The van der Waals surface area contributed by atoms with Crippen LogP contribution in [0, 0.1) is 5.82 Å². The van der Waals surface area contributed by atoms with E-state index in [4.69, 9.17) is 0 Å². The fourth-order valence-electron chi connectivity index (χ4n) is 3.49. The fraction of sp³-hybridized carbons (Fsp3) is 0.474. The molecule has 0 radical (unpaired) electrons. The third kappa shape index (κ3) is 4.59. The molecule has 1 saturated carbocycles. The predicted molar refractivity (Wildman–Crippen MR) is 94.6 cm³/mol. The van der Waals surface area contributed by atoms with Gasteiger partial charge in [0.1, 0.15) is 5.82 Å². The van der Waals surface area contributed by atoms with E-state index in [1.807, 2.05) is 25.4 Å². The Morgan fingerprint density at radius 1 is 1.28 bits per heavy atom. The Balaban J connectivity index is 1.46. The molecule has 134 valence electrons. The Morgan fingerprint density at radius 3 is 2.56 bits per heavy atom. The van der Waals surface area contributed by atoms with E-state index in [2.05, 4.69) is 10.4 Å². The summed E-state index contributed by atoms with van der Waals surface area (Å²) in [6.07, 6.45) is 7.63. The minimum Gasteiger partial charge on any atom is -0.335 e. The summed E-state index contributed by atoms with van der Waals surface area (Å²) in [5.41, 5.74) is 2.21. The van der Waals surface area contributed by atoms with Gasteiger partial charge in [-0.25, -0.2) is 9.18 Å². The van der Waals surface area contributed by atoms with Crippen LogP contribution in [-0.4, -0.2) is 33.8 Å². The Labute approximate surface area is 147 Å². The number of benzene rings is 1. The minimum atomic E-state index is -0.193. The summed E-state index contributed by atoms with van der Waals surface area (Å²) in [6, 6.07) is 6.96. The molecule has 0 unspecified atom stereocenters. The molecule has 0 aliphatic heterocycles. The standard InChI is InChI=1S/C19H25FN4O/c1-23(12-14-11-21-24(2)13-14)19(25)22-18-9-5-16(6-10-18)15-3-7-17(20)8-4-15/h3-4,7-8,11,13,16,18H,5-6,9-10,12H2,1-2H3,(H,22,25). The first-order valence-electron chi connectivity index (χ1n) is 8.76. The number of amides is 2. The molecule has 1 aliphatic rings. The summed E-state index contributed by atoms with van der Waals surface area (Å²) in [6.45, 7) is 0.546. The van der Waals surface area contributed by atoms with E-state index < -0.39 is 0 Å². The lowest BCUT2D eigenvalue weighted by atomic mass is 9.82. The molecule has 3 rings (SSSR count). The zero-order valence-electron chi connectivity index (χ0n) is 14.8. The topological polar surface area (TPSA) is 50.2 Å². The van der Waals surface area contributed by atoms with Crippen LogP contribution in [0.4, 0.5) is 9.18 Å². The number of urea groups is 1. The zero-order valence-corrected chi connectivity index (χ0v) is 14.8. The number of nitrogens with zero attached hydrogens (tertiary/aromatic N) is 3. The molecule has 0 bridgehead atoms. The summed E-state index contributed by atoms with van der Waals surface area (Å²) >= 11 is 0. The van der Waals surface area contributed by atoms with Crippen molar-refractivity contribution in [2.45, 2.75) is 44.2 Å². The van der Waals surface area contributed by atoms with Crippen LogP contribution >= 0.6 is 0 Å². The smallest absolute Gasteiger partial charge is 0.317 e. The van der Waals surface area contributed by atoms with Gasteiger partial charge >= 0.3 is 6.03 Å². The second-order valence-electron chi connectivity index (χ2n) is 6.93. The van der Waals surface area contributed by atoms with Crippen LogP contribution in [0.1, 0.15) is 42.7 Å². The van der Waals surface area contributed by atoms with Crippen molar-refractivity contribution in [3.8, 4) is 0 Å². The van der Waals surface area contributed by atoms with Crippen molar-refractivity contribution in [3.05, 3.63) is 53.6 Å². The van der Waals surface area contributed by atoms with Crippen molar-refractivity contribution >= 4 is 6.03 Å². The van der Waals surface area contributed by atoms with Crippen molar-refractivity contribution < 1.29 is 9.18 Å². The first-order valence-corrected chi connectivity index (χ1v) is 8.76. The summed E-state index contributed by atoms with van der Waals surface area (Å²) in [5.74, 6) is 0.267. The number of carbonyl (C=O) groups is 1. The van der Waals surface area contributed by atoms with Crippen LogP contribution < -0.4 is 5.32 Å². The molecule has 1 N–H and O–H groups in total. The molecule has 25 heavy (non-hydrogen) atoms. The van der Waals surface area contributed by atoms with Gasteiger partial charge < -0.3 is 10.2 Å². The Bertz CT molecular complexity index is 704. The first kappa shape index (κ1) is 17.5. The molecule has 2 amide bonds. The van der Waals surface area contributed by atoms with Crippen molar-refractivity contribution in [1.82, 2.24) is 20.0 Å². The number of nitrogens with one attached hydrogen (secondary N) is 1. The molecule has 0 atom stereocenters. The molecule has 1 aliphatic carbocycles. The Kier molecular flexibility index (Phi) is 5.36. The van der Waals surface area contributed by atoms with Crippen LogP contribution in [0.5, 0.6) is 0 Å². The van der Waals surface area contributed by atoms with E-state index in [9.17, 15) is 9.18 Å². The number of carbonyl (C=O) groups excluding carboxylic acids is 1. The summed E-state index contributed by atoms with van der Waals surface area (Å²) < 4.78 is 14.8.